The summed E-state index contributed by atoms with van der Waals surface area (Å²) in [5, 5.41) is 2.86. The molecule has 2 aromatic rings. The smallest absolute Gasteiger partial charge is 0.251 e. The monoisotopic (exact) mass is 462 g/mol. The summed E-state index contributed by atoms with van der Waals surface area (Å²) in [6, 6.07) is 17.6. The Morgan fingerprint density at radius 1 is 0.912 bits per heavy atom. The van der Waals surface area contributed by atoms with Crippen molar-refractivity contribution in [3.05, 3.63) is 71.3 Å². The molecule has 34 heavy (non-hydrogen) atoms. The van der Waals surface area contributed by atoms with Crippen molar-refractivity contribution in [1.82, 2.24) is 10.2 Å². The zero-order valence-electron chi connectivity index (χ0n) is 21.0. The number of likely N-dealkylation sites (tertiary alicyclic amines) is 1. The first-order valence-corrected chi connectivity index (χ1v) is 12.4. The number of nitrogens with zero attached hydrogens (tertiary/aromatic N) is 1. The summed E-state index contributed by atoms with van der Waals surface area (Å²) in [5.74, 6) is 0.131. The predicted molar refractivity (Wildman–Crippen MR) is 136 cm³/mol. The van der Waals surface area contributed by atoms with Gasteiger partial charge < -0.3 is 10.2 Å². The van der Waals surface area contributed by atoms with Crippen molar-refractivity contribution in [2.75, 3.05) is 19.6 Å². The van der Waals surface area contributed by atoms with E-state index in [2.05, 4.69) is 26.1 Å². The van der Waals surface area contributed by atoms with Gasteiger partial charge in [0.15, 0.2) is 0 Å². The molecule has 1 saturated heterocycles. The highest BCUT2D eigenvalue weighted by Crippen LogP contribution is 2.38. The van der Waals surface area contributed by atoms with E-state index < -0.39 is 5.41 Å². The molecule has 0 unspecified atom stereocenters. The SMILES string of the molecule is CCCC(=O)C1(c2ccccc2)CCN(C(=O)CCNC(=O)c2ccc(C(C)(C)C)cc2)CC1. The Morgan fingerprint density at radius 2 is 1.53 bits per heavy atom. The van der Waals surface area contributed by atoms with Gasteiger partial charge in [-0.25, -0.2) is 0 Å². The maximum Gasteiger partial charge on any atom is 0.251 e. The number of nitrogens with one attached hydrogen (secondary N) is 1. The lowest BCUT2D eigenvalue weighted by Gasteiger charge is -2.41. The molecule has 5 nitrogen and oxygen atoms in total. The van der Waals surface area contributed by atoms with E-state index in [1.807, 2.05) is 66.4 Å². The Balaban J connectivity index is 1.53. The van der Waals surface area contributed by atoms with Crippen LogP contribution in [0.25, 0.3) is 0 Å². The number of ketones is 1. The van der Waals surface area contributed by atoms with Crippen molar-refractivity contribution < 1.29 is 14.4 Å². The van der Waals surface area contributed by atoms with Crippen LogP contribution < -0.4 is 5.32 Å². The molecule has 5 heteroatoms. The second-order valence-corrected chi connectivity index (χ2v) is 10.3. The summed E-state index contributed by atoms with van der Waals surface area (Å²) in [5.41, 5.74) is 2.37. The van der Waals surface area contributed by atoms with Gasteiger partial charge in [-0.1, -0.05) is 70.2 Å². The first-order valence-electron chi connectivity index (χ1n) is 12.4. The first-order chi connectivity index (χ1) is 16.2. The van der Waals surface area contributed by atoms with Gasteiger partial charge in [-0.15, -0.1) is 0 Å². The number of Topliss-reactive ketones (excluding diaryl/α,β-unsaturated/α-hetero) is 1. The van der Waals surface area contributed by atoms with E-state index in [9.17, 15) is 14.4 Å². The number of piperidine rings is 1. The Hall–Kier alpha value is -2.95. The molecule has 0 spiro atoms. The van der Waals surface area contributed by atoms with Crippen LogP contribution in [0.15, 0.2) is 54.6 Å². The van der Waals surface area contributed by atoms with Crippen LogP contribution in [0.5, 0.6) is 0 Å². The molecule has 182 valence electrons. The third-order valence-electron chi connectivity index (χ3n) is 6.94. The van der Waals surface area contributed by atoms with Crippen molar-refractivity contribution in [3.63, 3.8) is 0 Å². The Bertz CT molecular complexity index is 982. The molecule has 1 N–H and O–H groups in total. The molecule has 2 aromatic carbocycles. The van der Waals surface area contributed by atoms with E-state index >= 15 is 0 Å². The van der Waals surface area contributed by atoms with Gasteiger partial charge in [-0.3, -0.25) is 14.4 Å². The zero-order chi connectivity index (χ0) is 24.8. The van der Waals surface area contributed by atoms with Gasteiger partial charge in [0.1, 0.15) is 5.78 Å². The van der Waals surface area contributed by atoms with Gasteiger partial charge in [0.2, 0.25) is 5.91 Å². The summed E-state index contributed by atoms with van der Waals surface area (Å²) < 4.78 is 0. The average molecular weight is 463 g/mol. The highest BCUT2D eigenvalue weighted by atomic mass is 16.2. The van der Waals surface area contributed by atoms with E-state index in [4.69, 9.17) is 0 Å². The van der Waals surface area contributed by atoms with E-state index in [0.29, 0.717) is 44.5 Å². The standard InChI is InChI=1S/C29H38N2O3/c1-5-9-25(32)29(24-10-7-6-8-11-24)17-20-31(21-18-29)26(33)16-19-30-27(34)22-12-14-23(15-13-22)28(2,3)4/h6-8,10-15H,5,9,16-21H2,1-4H3,(H,30,34). The van der Waals surface area contributed by atoms with Gasteiger partial charge in [-0.05, 0) is 47.9 Å². The molecule has 2 amide bonds. The van der Waals surface area contributed by atoms with Gasteiger partial charge in [0.25, 0.3) is 5.91 Å². The third kappa shape index (κ3) is 5.94. The maximum absolute atomic E-state index is 13.1. The number of amides is 2. The topological polar surface area (TPSA) is 66.5 Å². The van der Waals surface area contributed by atoms with Crippen LogP contribution in [0, 0.1) is 0 Å². The summed E-state index contributed by atoms with van der Waals surface area (Å²) in [4.78, 5) is 40.2. The molecule has 0 saturated carbocycles. The van der Waals surface area contributed by atoms with Gasteiger partial charge in [0.05, 0.1) is 5.41 Å². The normalized spacial score (nSPS) is 15.6. The van der Waals surface area contributed by atoms with Crippen LogP contribution in [0.4, 0.5) is 0 Å². The minimum absolute atomic E-state index is 0.0213. The number of hydrogen-bond donors (Lipinski definition) is 1. The lowest BCUT2D eigenvalue weighted by atomic mass is 9.68. The first kappa shape index (κ1) is 25.7. The molecule has 3 rings (SSSR count). The molecule has 0 radical (unpaired) electrons. The van der Waals surface area contributed by atoms with Gasteiger partial charge in [0, 0.05) is 38.0 Å². The van der Waals surface area contributed by atoms with Crippen molar-refractivity contribution >= 4 is 17.6 Å². The maximum atomic E-state index is 13.1. The number of rotatable bonds is 8. The van der Waals surface area contributed by atoms with Crippen molar-refractivity contribution in [2.24, 2.45) is 0 Å². The van der Waals surface area contributed by atoms with Crippen LogP contribution in [0.2, 0.25) is 0 Å². The summed E-state index contributed by atoms with van der Waals surface area (Å²) >= 11 is 0. The van der Waals surface area contributed by atoms with Crippen LogP contribution >= 0.6 is 0 Å². The van der Waals surface area contributed by atoms with E-state index in [1.165, 1.54) is 5.56 Å². The van der Waals surface area contributed by atoms with E-state index in [0.717, 1.165) is 12.0 Å². The zero-order valence-corrected chi connectivity index (χ0v) is 21.0. The molecule has 1 aliphatic heterocycles. The fourth-order valence-electron chi connectivity index (χ4n) is 4.75. The fraction of sp³-hybridized carbons (Fsp3) is 0.483. The lowest BCUT2D eigenvalue weighted by Crippen LogP contribution is -2.49. The highest BCUT2D eigenvalue weighted by Gasteiger charge is 2.42. The van der Waals surface area contributed by atoms with Crippen molar-refractivity contribution in [1.29, 1.82) is 0 Å². The van der Waals surface area contributed by atoms with Crippen LogP contribution in [0.3, 0.4) is 0 Å². The summed E-state index contributed by atoms with van der Waals surface area (Å²) in [6.07, 6.45) is 2.94. The quantitative estimate of drug-likeness (QED) is 0.598. The van der Waals surface area contributed by atoms with Crippen LogP contribution in [0.1, 0.15) is 81.3 Å². The third-order valence-corrected chi connectivity index (χ3v) is 6.94. The number of hydrogen-bond acceptors (Lipinski definition) is 3. The molecule has 0 aliphatic carbocycles. The minimum Gasteiger partial charge on any atom is -0.352 e. The fourth-order valence-corrected chi connectivity index (χ4v) is 4.75. The van der Waals surface area contributed by atoms with E-state index in [1.54, 1.807) is 0 Å². The molecular weight excluding hydrogens is 424 g/mol. The molecule has 1 aliphatic rings. The number of carbonyl (C=O) groups excluding carboxylic acids is 3. The Kier molecular flexibility index (Phi) is 8.29. The molecule has 0 aromatic heterocycles. The molecular formula is C29H38N2O3. The van der Waals surface area contributed by atoms with Gasteiger partial charge >= 0.3 is 0 Å². The van der Waals surface area contributed by atoms with E-state index in [-0.39, 0.29) is 29.4 Å². The second-order valence-electron chi connectivity index (χ2n) is 10.3. The highest BCUT2D eigenvalue weighted by molar-refractivity contribution is 5.94. The second kappa shape index (κ2) is 11.0. The summed E-state index contributed by atoms with van der Waals surface area (Å²) in [7, 11) is 0. The van der Waals surface area contributed by atoms with Crippen molar-refractivity contribution in [3.8, 4) is 0 Å². The van der Waals surface area contributed by atoms with Crippen LogP contribution in [-0.2, 0) is 20.4 Å². The van der Waals surface area contributed by atoms with Crippen molar-refractivity contribution in [2.45, 2.75) is 70.6 Å². The largest absolute Gasteiger partial charge is 0.352 e. The summed E-state index contributed by atoms with van der Waals surface area (Å²) in [6.45, 7) is 9.86. The number of benzene rings is 2. The Morgan fingerprint density at radius 3 is 2.09 bits per heavy atom. The number of carbonyl (C=O) groups is 3. The van der Waals surface area contributed by atoms with Crippen LogP contribution in [-0.4, -0.2) is 42.1 Å². The molecule has 0 atom stereocenters. The average Bonchev–Trinajstić information content (AvgIpc) is 2.84. The predicted octanol–water partition coefficient (Wildman–Crippen LogP) is 5.03. The molecule has 1 fully saturated rings. The molecule has 0 bridgehead atoms. The molecule has 1 heterocycles. The minimum atomic E-state index is -0.499. The van der Waals surface area contributed by atoms with Gasteiger partial charge in [-0.2, -0.15) is 0 Å². The lowest BCUT2D eigenvalue weighted by molar-refractivity contribution is -0.136. The Labute approximate surface area is 203 Å².